The summed E-state index contributed by atoms with van der Waals surface area (Å²) in [4.78, 5) is 7.92. The second-order valence-corrected chi connectivity index (χ2v) is 5.22. The molecule has 104 valence electrons. The van der Waals surface area contributed by atoms with Gasteiger partial charge >= 0.3 is 0 Å². The van der Waals surface area contributed by atoms with Crippen LogP contribution in [0, 0.1) is 0 Å². The second-order valence-electron chi connectivity index (χ2n) is 4.06. The highest BCUT2D eigenvalue weighted by molar-refractivity contribution is 7.80. The summed E-state index contributed by atoms with van der Waals surface area (Å²) in [7, 11) is 0. The van der Waals surface area contributed by atoms with Crippen LogP contribution in [0.4, 0.5) is 5.82 Å². The van der Waals surface area contributed by atoms with Gasteiger partial charge in [0, 0.05) is 0 Å². The second kappa shape index (κ2) is 6.83. The molecule has 0 aliphatic rings. The standard InChI is InChI=1S/C13H12Cl2N4S/c1-8(9-5-3-2-4-6-9)17-13(20)19-12-11(15)18-10(14)7-16-12/h2-8H,1H3,(H2,16,17,19,20)/t8-/m1/s1. The Bertz CT molecular complexity index is 607. The lowest BCUT2D eigenvalue weighted by molar-refractivity contribution is 0.722. The van der Waals surface area contributed by atoms with Gasteiger partial charge in [-0.25, -0.2) is 9.97 Å². The zero-order valence-electron chi connectivity index (χ0n) is 10.6. The summed E-state index contributed by atoms with van der Waals surface area (Å²) in [6.45, 7) is 2.01. The third-order valence-corrected chi connectivity index (χ3v) is 3.25. The van der Waals surface area contributed by atoms with Crippen molar-refractivity contribution >= 4 is 46.4 Å². The van der Waals surface area contributed by atoms with Gasteiger partial charge in [0.15, 0.2) is 16.1 Å². The normalized spacial score (nSPS) is 11.8. The molecule has 2 N–H and O–H groups in total. The van der Waals surface area contributed by atoms with E-state index in [2.05, 4.69) is 20.6 Å². The van der Waals surface area contributed by atoms with Crippen LogP contribution in [-0.2, 0) is 0 Å². The summed E-state index contributed by atoms with van der Waals surface area (Å²) in [5.41, 5.74) is 1.13. The fourth-order valence-corrected chi connectivity index (χ4v) is 2.23. The number of anilines is 1. The molecule has 0 aliphatic carbocycles. The zero-order valence-corrected chi connectivity index (χ0v) is 12.9. The first kappa shape index (κ1) is 15.0. The Morgan fingerprint density at radius 1 is 1.25 bits per heavy atom. The fourth-order valence-electron chi connectivity index (χ4n) is 1.60. The maximum Gasteiger partial charge on any atom is 0.173 e. The van der Waals surface area contributed by atoms with Gasteiger partial charge in [-0.1, -0.05) is 53.5 Å². The van der Waals surface area contributed by atoms with E-state index in [1.165, 1.54) is 6.20 Å². The minimum atomic E-state index is 0.0650. The molecule has 1 aromatic carbocycles. The lowest BCUT2D eigenvalue weighted by Crippen LogP contribution is -2.31. The molecule has 0 fully saturated rings. The van der Waals surface area contributed by atoms with Crippen molar-refractivity contribution in [2.75, 3.05) is 5.32 Å². The van der Waals surface area contributed by atoms with Crippen molar-refractivity contribution in [3.05, 3.63) is 52.4 Å². The Morgan fingerprint density at radius 3 is 2.60 bits per heavy atom. The SMILES string of the molecule is C[C@@H](NC(=S)Nc1ncc(Cl)nc1Cl)c1ccccc1. The van der Waals surface area contributed by atoms with Gasteiger partial charge in [0.25, 0.3) is 0 Å². The van der Waals surface area contributed by atoms with Gasteiger partial charge in [0.2, 0.25) is 0 Å². The van der Waals surface area contributed by atoms with Crippen LogP contribution in [-0.4, -0.2) is 15.1 Å². The van der Waals surface area contributed by atoms with Gasteiger partial charge in [-0.15, -0.1) is 0 Å². The lowest BCUT2D eigenvalue weighted by atomic mass is 10.1. The quantitative estimate of drug-likeness (QED) is 0.839. The van der Waals surface area contributed by atoms with E-state index in [-0.39, 0.29) is 16.3 Å². The van der Waals surface area contributed by atoms with Crippen LogP contribution in [0.1, 0.15) is 18.5 Å². The molecule has 1 atom stereocenters. The van der Waals surface area contributed by atoms with Crippen LogP contribution in [0.2, 0.25) is 10.3 Å². The summed E-state index contributed by atoms with van der Waals surface area (Å²) in [5.74, 6) is 0.369. The summed E-state index contributed by atoms with van der Waals surface area (Å²) in [6.07, 6.45) is 1.40. The van der Waals surface area contributed by atoms with Crippen LogP contribution < -0.4 is 10.6 Å². The van der Waals surface area contributed by atoms with E-state index in [9.17, 15) is 0 Å². The van der Waals surface area contributed by atoms with Gasteiger partial charge in [0.1, 0.15) is 5.15 Å². The molecule has 0 saturated heterocycles. The Morgan fingerprint density at radius 2 is 1.95 bits per heavy atom. The summed E-state index contributed by atoms with van der Waals surface area (Å²) >= 11 is 16.8. The van der Waals surface area contributed by atoms with E-state index >= 15 is 0 Å². The monoisotopic (exact) mass is 326 g/mol. The Hall–Kier alpha value is -1.43. The minimum Gasteiger partial charge on any atom is -0.356 e. The number of aromatic nitrogens is 2. The number of thiocarbonyl (C=S) groups is 1. The number of nitrogens with zero attached hydrogens (tertiary/aromatic N) is 2. The van der Waals surface area contributed by atoms with Crippen LogP contribution in [0.3, 0.4) is 0 Å². The third-order valence-electron chi connectivity index (χ3n) is 2.58. The molecule has 20 heavy (non-hydrogen) atoms. The first-order valence-electron chi connectivity index (χ1n) is 5.87. The van der Waals surface area contributed by atoms with Crippen molar-refractivity contribution in [2.45, 2.75) is 13.0 Å². The lowest BCUT2D eigenvalue weighted by Gasteiger charge is -2.17. The zero-order chi connectivity index (χ0) is 14.5. The van der Waals surface area contributed by atoms with E-state index in [1.54, 1.807) is 0 Å². The molecule has 0 bridgehead atoms. The molecule has 0 amide bonds. The van der Waals surface area contributed by atoms with E-state index in [0.29, 0.717) is 10.9 Å². The molecular weight excluding hydrogens is 315 g/mol. The van der Waals surface area contributed by atoms with Gasteiger partial charge in [-0.2, -0.15) is 0 Å². The molecule has 0 saturated carbocycles. The van der Waals surface area contributed by atoms with Gasteiger partial charge in [-0.05, 0) is 24.7 Å². The van der Waals surface area contributed by atoms with E-state index < -0.39 is 0 Å². The maximum atomic E-state index is 5.92. The van der Waals surface area contributed by atoms with Crippen LogP contribution in [0.15, 0.2) is 36.5 Å². The average Bonchev–Trinajstić information content (AvgIpc) is 2.43. The van der Waals surface area contributed by atoms with E-state index in [0.717, 1.165) is 5.56 Å². The molecule has 0 radical (unpaired) electrons. The first-order valence-corrected chi connectivity index (χ1v) is 7.03. The molecular formula is C13H12Cl2N4S. The number of halogens is 2. The van der Waals surface area contributed by atoms with Crippen molar-refractivity contribution in [2.24, 2.45) is 0 Å². The minimum absolute atomic E-state index is 0.0650. The highest BCUT2D eigenvalue weighted by Gasteiger charge is 2.09. The van der Waals surface area contributed by atoms with E-state index in [1.807, 2.05) is 37.3 Å². The fraction of sp³-hybridized carbons (Fsp3) is 0.154. The van der Waals surface area contributed by atoms with Crippen molar-refractivity contribution in [1.29, 1.82) is 0 Å². The molecule has 0 aliphatic heterocycles. The largest absolute Gasteiger partial charge is 0.356 e. The topological polar surface area (TPSA) is 49.8 Å². The Balaban J connectivity index is 1.99. The van der Waals surface area contributed by atoms with E-state index in [4.69, 9.17) is 35.4 Å². The van der Waals surface area contributed by atoms with Gasteiger partial charge in [-0.3, -0.25) is 0 Å². The average molecular weight is 327 g/mol. The van der Waals surface area contributed by atoms with Crippen LogP contribution in [0.25, 0.3) is 0 Å². The molecule has 1 aromatic heterocycles. The van der Waals surface area contributed by atoms with Crippen molar-refractivity contribution in [3.8, 4) is 0 Å². The highest BCUT2D eigenvalue weighted by atomic mass is 35.5. The number of nitrogens with one attached hydrogen (secondary N) is 2. The number of rotatable bonds is 3. The van der Waals surface area contributed by atoms with Crippen LogP contribution >= 0.6 is 35.4 Å². The van der Waals surface area contributed by atoms with Crippen LogP contribution in [0.5, 0.6) is 0 Å². The van der Waals surface area contributed by atoms with Gasteiger partial charge in [0.05, 0.1) is 12.2 Å². The number of hydrogen-bond donors (Lipinski definition) is 2. The maximum absolute atomic E-state index is 5.92. The molecule has 0 spiro atoms. The molecule has 4 nitrogen and oxygen atoms in total. The smallest absolute Gasteiger partial charge is 0.173 e. The first-order chi connectivity index (χ1) is 9.56. The van der Waals surface area contributed by atoms with Crippen molar-refractivity contribution < 1.29 is 0 Å². The molecule has 2 aromatic rings. The number of hydrogen-bond acceptors (Lipinski definition) is 3. The molecule has 1 heterocycles. The molecule has 2 rings (SSSR count). The predicted molar refractivity (Wildman–Crippen MR) is 86.3 cm³/mol. The summed E-state index contributed by atoms with van der Waals surface area (Å²) < 4.78 is 0. The highest BCUT2D eigenvalue weighted by Crippen LogP contribution is 2.18. The van der Waals surface area contributed by atoms with Gasteiger partial charge < -0.3 is 10.6 Å². The Kier molecular flexibility index (Phi) is 5.11. The summed E-state index contributed by atoms with van der Waals surface area (Å²) in [5, 5.41) is 6.87. The number of benzene rings is 1. The molecule has 7 heteroatoms. The Labute approximate surface area is 132 Å². The third kappa shape index (κ3) is 4.03. The van der Waals surface area contributed by atoms with Crippen molar-refractivity contribution in [1.82, 2.24) is 15.3 Å². The predicted octanol–water partition coefficient (Wildman–Crippen LogP) is 3.83. The van der Waals surface area contributed by atoms with Crippen molar-refractivity contribution in [3.63, 3.8) is 0 Å². The summed E-state index contributed by atoms with van der Waals surface area (Å²) in [6, 6.07) is 10.0. The molecule has 0 unspecified atom stereocenters.